The maximum absolute atomic E-state index is 10.8. The summed E-state index contributed by atoms with van der Waals surface area (Å²) in [5, 5.41) is 3.77. The molecule has 116 valence electrons. The van der Waals surface area contributed by atoms with Gasteiger partial charge in [0.1, 0.15) is 0 Å². The van der Waals surface area contributed by atoms with E-state index in [0.717, 1.165) is 24.4 Å². The van der Waals surface area contributed by atoms with E-state index in [0.29, 0.717) is 27.4 Å². The fourth-order valence-corrected chi connectivity index (χ4v) is 2.36. The highest BCUT2D eigenvalue weighted by atomic mass is 35.5. The molecule has 0 spiro atoms. The molecular formula is C18H16ClN3O. The van der Waals surface area contributed by atoms with E-state index in [-0.39, 0.29) is 0 Å². The Morgan fingerprint density at radius 2 is 2.17 bits per heavy atom. The lowest BCUT2D eigenvalue weighted by Crippen LogP contribution is -2.06. The summed E-state index contributed by atoms with van der Waals surface area (Å²) < 4.78 is 0. The molecule has 4 nitrogen and oxygen atoms in total. The fraction of sp³-hybridized carbons (Fsp3) is 0.222. The topological polar surface area (TPSA) is 68.0 Å². The van der Waals surface area contributed by atoms with Crippen molar-refractivity contribution in [3.63, 3.8) is 0 Å². The molecule has 2 aromatic rings. The number of hydrogen-bond donors (Lipinski definition) is 2. The average Bonchev–Trinajstić information content (AvgIpc) is 3.40. The van der Waals surface area contributed by atoms with Crippen molar-refractivity contribution < 1.29 is 4.79 Å². The largest absolute Gasteiger partial charge is 0.396 e. The summed E-state index contributed by atoms with van der Waals surface area (Å²) in [6.07, 6.45) is 6.38. The third-order valence-electron chi connectivity index (χ3n) is 3.69. The molecule has 0 radical (unpaired) electrons. The second-order valence-corrected chi connectivity index (χ2v) is 5.97. The van der Waals surface area contributed by atoms with E-state index in [2.05, 4.69) is 22.1 Å². The predicted molar refractivity (Wildman–Crippen MR) is 92.7 cm³/mol. The van der Waals surface area contributed by atoms with Crippen molar-refractivity contribution in [3.05, 3.63) is 52.3 Å². The van der Waals surface area contributed by atoms with E-state index in [9.17, 15) is 4.79 Å². The molecule has 0 bridgehead atoms. The summed E-state index contributed by atoms with van der Waals surface area (Å²) in [6.45, 7) is 0.926. The predicted octanol–water partition coefficient (Wildman–Crippen LogP) is 3.35. The molecular weight excluding hydrogens is 310 g/mol. The first kappa shape index (κ1) is 15.4. The van der Waals surface area contributed by atoms with Crippen molar-refractivity contribution in [3.8, 4) is 11.8 Å². The molecule has 0 unspecified atom stereocenters. The van der Waals surface area contributed by atoms with Gasteiger partial charge in [-0.3, -0.25) is 9.78 Å². The van der Waals surface area contributed by atoms with Gasteiger partial charge in [-0.15, -0.1) is 0 Å². The van der Waals surface area contributed by atoms with E-state index in [1.54, 1.807) is 12.3 Å². The highest BCUT2D eigenvalue weighted by Gasteiger charge is 2.21. The summed E-state index contributed by atoms with van der Waals surface area (Å²) in [5.41, 5.74) is 9.23. The molecule has 1 heterocycles. The Bertz CT molecular complexity index is 804. The number of carbonyl (C=O) groups is 1. The van der Waals surface area contributed by atoms with Crippen molar-refractivity contribution in [2.24, 2.45) is 5.92 Å². The minimum Gasteiger partial charge on any atom is -0.396 e. The Labute approximate surface area is 140 Å². The van der Waals surface area contributed by atoms with Crippen LogP contribution in [0.25, 0.3) is 0 Å². The Morgan fingerprint density at radius 3 is 2.91 bits per heavy atom. The van der Waals surface area contributed by atoms with Crippen LogP contribution in [0.3, 0.4) is 0 Å². The number of pyridine rings is 1. The molecule has 0 atom stereocenters. The third kappa shape index (κ3) is 3.82. The van der Waals surface area contributed by atoms with Crippen LogP contribution in [0.4, 0.5) is 11.4 Å². The number of nitrogens with zero attached hydrogens (tertiary/aromatic N) is 1. The molecule has 3 N–H and O–H groups in total. The van der Waals surface area contributed by atoms with Gasteiger partial charge >= 0.3 is 0 Å². The highest BCUT2D eigenvalue weighted by Crippen LogP contribution is 2.33. The zero-order valence-electron chi connectivity index (χ0n) is 12.5. The van der Waals surface area contributed by atoms with Gasteiger partial charge in [-0.2, -0.15) is 0 Å². The smallest absolute Gasteiger partial charge is 0.151 e. The first-order chi connectivity index (χ1) is 11.2. The Kier molecular flexibility index (Phi) is 4.50. The molecule has 1 aromatic heterocycles. The molecule has 1 fully saturated rings. The van der Waals surface area contributed by atoms with E-state index in [1.807, 2.05) is 12.1 Å². The summed E-state index contributed by atoms with van der Waals surface area (Å²) in [7, 11) is 0. The second kappa shape index (κ2) is 6.72. The van der Waals surface area contributed by atoms with Crippen molar-refractivity contribution in [2.45, 2.75) is 12.8 Å². The van der Waals surface area contributed by atoms with Gasteiger partial charge < -0.3 is 11.1 Å². The number of nitrogens with one attached hydrogen (secondary N) is 1. The molecule has 0 saturated heterocycles. The van der Waals surface area contributed by atoms with Gasteiger partial charge in [-0.1, -0.05) is 23.4 Å². The molecule has 1 saturated carbocycles. The lowest BCUT2D eigenvalue weighted by Gasteiger charge is -2.11. The van der Waals surface area contributed by atoms with E-state index >= 15 is 0 Å². The number of rotatable bonds is 4. The molecule has 3 rings (SSSR count). The SMILES string of the molecule is Nc1c(NCC2CC2)ccc(C#Cc2cncc(C=O)c2)c1Cl. The van der Waals surface area contributed by atoms with E-state index < -0.39 is 0 Å². The zero-order valence-corrected chi connectivity index (χ0v) is 13.2. The standard InChI is InChI=1S/C18H16ClN3O/c19-17-15(4-3-13-7-14(11-23)9-21-8-13)5-6-16(18(17)20)22-10-12-1-2-12/h5-9,11-12,22H,1-2,10,20H2. The summed E-state index contributed by atoms with van der Waals surface area (Å²) in [4.78, 5) is 14.7. The lowest BCUT2D eigenvalue weighted by molar-refractivity contribution is 0.112. The van der Waals surface area contributed by atoms with Crippen LogP contribution in [0.1, 0.15) is 34.3 Å². The minimum atomic E-state index is 0.442. The van der Waals surface area contributed by atoms with Gasteiger partial charge in [-0.05, 0) is 37.0 Å². The number of halogens is 1. The van der Waals surface area contributed by atoms with Crippen molar-refractivity contribution in [1.29, 1.82) is 0 Å². The minimum absolute atomic E-state index is 0.442. The van der Waals surface area contributed by atoms with Crippen LogP contribution in [0.2, 0.25) is 5.02 Å². The Hall–Kier alpha value is -2.51. The van der Waals surface area contributed by atoms with Crippen LogP contribution in [0.5, 0.6) is 0 Å². The Balaban J connectivity index is 1.81. The van der Waals surface area contributed by atoms with Crippen LogP contribution in [-0.4, -0.2) is 17.8 Å². The highest BCUT2D eigenvalue weighted by molar-refractivity contribution is 6.35. The van der Waals surface area contributed by atoms with Gasteiger partial charge in [0, 0.05) is 35.6 Å². The molecule has 23 heavy (non-hydrogen) atoms. The second-order valence-electron chi connectivity index (χ2n) is 5.59. The summed E-state index contributed by atoms with van der Waals surface area (Å²) in [5.74, 6) is 6.69. The van der Waals surface area contributed by atoms with Gasteiger partial charge in [0.15, 0.2) is 6.29 Å². The van der Waals surface area contributed by atoms with Gasteiger partial charge in [0.25, 0.3) is 0 Å². The normalized spacial score (nSPS) is 13.1. The van der Waals surface area contributed by atoms with Crippen LogP contribution in [-0.2, 0) is 0 Å². The average molecular weight is 326 g/mol. The first-order valence-electron chi connectivity index (χ1n) is 7.41. The zero-order chi connectivity index (χ0) is 16.2. The maximum atomic E-state index is 10.8. The summed E-state index contributed by atoms with van der Waals surface area (Å²) in [6, 6.07) is 5.42. The molecule has 0 aliphatic heterocycles. The molecule has 0 amide bonds. The number of nitrogen functional groups attached to an aromatic ring is 1. The number of aldehydes is 1. The fourth-order valence-electron chi connectivity index (χ4n) is 2.15. The number of hydrogen-bond acceptors (Lipinski definition) is 4. The first-order valence-corrected chi connectivity index (χ1v) is 7.79. The van der Waals surface area contributed by atoms with Crippen LogP contribution in [0.15, 0.2) is 30.6 Å². The number of benzene rings is 1. The van der Waals surface area contributed by atoms with Crippen molar-refractivity contribution >= 4 is 29.3 Å². The van der Waals surface area contributed by atoms with E-state index in [1.165, 1.54) is 19.0 Å². The molecule has 1 aromatic carbocycles. The third-order valence-corrected chi connectivity index (χ3v) is 4.10. The molecule has 1 aliphatic rings. The van der Waals surface area contributed by atoms with Crippen LogP contribution < -0.4 is 11.1 Å². The van der Waals surface area contributed by atoms with Crippen LogP contribution >= 0.6 is 11.6 Å². The van der Waals surface area contributed by atoms with Gasteiger partial charge in [0.2, 0.25) is 0 Å². The quantitative estimate of drug-likeness (QED) is 0.514. The van der Waals surface area contributed by atoms with Gasteiger partial charge in [-0.25, -0.2) is 0 Å². The monoisotopic (exact) mass is 325 g/mol. The summed E-state index contributed by atoms with van der Waals surface area (Å²) >= 11 is 6.31. The van der Waals surface area contributed by atoms with E-state index in [4.69, 9.17) is 17.3 Å². The maximum Gasteiger partial charge on any atom is 0.151 e. The number of anilines is 2. The number of aromatic nitrogens is 1. The van der Waals surface area contributed by atoms with Gasteiger partial charge in [0.05, 0.1) is 16.4 Å². The molecule has 1 aliphatic carbocycles. The van der Waals surface area contributed by atoms with Crippen molar-refractivity contribution in [1.82, 2.24) is 4.98 Å². The van der Waals surface area contributed by atoms with Crippen LogP contribution in [0, 0.1) is 17.8 Å². The Morgan fingerprint density at radius 1 is 1.35 bits per heavy atom. The van der Waals surface area contributed by atoms with Crippen molar-refractivity contribution in [2.75, 3.05) is 17.6 Å². The number of nitrogens with two attached hydrogens (primary N) is 1. The molecule has 5 heteroatoms. The lowest BCUT2D eigenvalue weighted by atomic mass is 10.1. The number of carbonyl (C=O) groups excluding carboxylic acids is 1.